The van der Waals surface area contributed by atoms with Gasteiger partial charge in [0.2, 0.25) is 11.8 Å². The van der Waals surface area contributed by atoms with E-state index in [4.69, 9.17) is 54.7 Å². The summed E-state index contributed by atoms with van der Waals surface area (Å²) >= 11 is 12.2. The number of fused-ring (bicyclic) bond motifs is 2. The van der Waals surface area contributed by atoms with Crippen molar-refractivity contribution in [2.24, 2.45) is 11.5 Å². The minimum atomic E-state index is -0.964. The highest BCUT2D eigenvalue weighted by molar-refractivity contribution is 6.32. The second-order valence-electron chi connectivity index (χ2n) is 11.4. The van der Waals surface area contributed by atoms with E-state index in [9.17, 15) is 19.2 Å². The van der Waals surface area contributed by atoms with E-state index < -0.39 is 34.1 Å². The van der Waals surface area contributed by atoms with E-state index in [1.807, 2.05) is 36.4 Å². The Morgan fingerprint density at radius 1 is 0.569 bits per heavy atom. The van der Waals surface area contributed by atoms with Crippen molar-refractivity contribution >= 4 is 58.5 Å². The number of pyridine rings is 2. The quantitative estimate of drug-likeness (QED) is 0.121. The summed E-state index contributed by atoms with van der Waals surface area (Å²) in [6.07, 6.45) is 5.14. The first kappa shape index (κ1) is 41.1. The number of halogens is 2. The molecular weight excluding hydrogens is 783 g/mol. The number of carbonyl (C=O) groups excluding carboxylic acids is 2. The molecule has 2 amide bonds. The number of para-hydroxylation sites is 2. The fourth-order valence-electron chi connectivity index (χ4n) is 4.82. The van der Waals surface area contributed by atoms with Gasteiger partial charge in [-0.2, -0.15) is 20.5 Å². The zero-order valence-electron chi connectivity index (χ0n) is 29.9. The molecule has 0 bridgehead atoms. The third-order valence-electron chi connectivity index (χ3n) is 7.57. The molecule has 7 aromatic rings. The zero-order chi connectivity index (χ0) is 41.6. The molecule has 4 heterocycles. The van der Waals surface area contributed by atoms with Gasteiger partial charge in [0.1, 0.15) is 57.2 Å². The highest BCUT2D eigenvalue weighted by Crippen LogP contribution is 2.31. The van der Waals surface area contributed by atoms with E-state index in [1.54, 1.807) is 97.1 Å². The van der Waals surface area contributed by atoms with Crippen LogP contribution in [0.4, 0.5) is 0 Å². The van der Waals surface area contributed by atoms with Crippen molar-refractivity contribution in [2.45, 2.75) is 0 Å². The fraction of sp³-hybridized carbons (Fsp3) is 0. The molecule has 0 saturated carbocycles. The van der Waals surface area contributed by atoms with E-state index >= 15 is 0 Å². The Morgan fingerprint density at radius 3 is 1.24 bits per heavy atom. The lowest BCUT2D eigenvalue weighted by Gasteiger charge is -2.11. The van der Waals surface area contributed by atoms with Gasteiger partial charge in [0.15, 0.2) is 0 Å². The van der Waals surface area contributed by atoms with Crippen LogP contribution in [0.1, 0.15) is 11.1 Å². The van der Waals surface area contributed by atoms with Gasteiger partial charge in [-0.15, -0.1) is 0 Å². The monoisotopic (exact) mass is 810 g/mol. The first-order valence-corrected chi connectivity index (χ1v) is 17.5. The summed E-state index contributed by atoms with van der Waals surface area (Å²) < 4.78 is 13.9. The Hall–Kier alpha value is -8.04. The van der Waals surface area contributed by atoms with Crippen LogP contribution in [-0.4, -0.2) is 30.6 Å². The molecule has 7 rings (SSSR count). The first-order valence-electron chi connectivity index (χ1n) is 16.7. The average Bonchev–Trinajstić information content (AvgIpc) is 3.23. The van der Waals surface area contributed by atoms with Crippen molar-refractivity contribution in [3.63, 3.8) is 0 Å². The molecule has 3 aromatic carbocycles. The number of ether oxygens (including phenoxy) is 2. The van der Waals surface area contributed by atoms with Gasteiger partial charge in [-0.05, 0) is 60.7 Å². The molecule has 0 saturated heterocycles. The van der Waals surface area contributed by atoms with E-state index in [0.29, 0.717) is 21.3 Å². The molecule has 0 unspecified atom stereocenters. The van der Waals surface area contributed by atoms with Crippen LogP contribution in [0.3, 0.4) is 0 Å². The van der Waals surface area contributed by atoms with Gasteiger partial charge in [-0.1, -0.05) is 96.0 Å². The SMILES string of the molecule is N#C/C(=C\c1c(Oc2ccccc2Cl)nc2ccccn2c1=O)C(N)=O.N#C/C(=C\c1c(Oc2ccccc2Cl)nc2ccccn2c1=O)C(N)=O.c1ccccc1. The number of nitrogens with zero attached hydrogens (tertiary/aromatic N) is 6. The van der Waals surface area contributed by atoms with Crippen LogP contribution >= 0.6 is 23.2 Å². The van der Waals surface area contributed by atoms with Crippen molar-refractivity contribution in [2.75, 3.05) is 0 Å². The lowest BCUT2D eigenvalue weighted by atomic mass is 10.2. The third-order valence-corrected chi connectivity index (χ3v) is 8.20. The molecule has 58 heavy (non-hydrogen) atoms. The van der Waals surface area contributed by atoms with Gasteiger partial charge >= 0.3 is 0 Å². The summed E-state index contributed by atoms with van der Waals surface area (Å²) in [5.41, 5.74) is 8.95. The standard InChI is InChI=1S/2C18H11ClN4O3.C6H6/c2*19-13-5-1-2-6-14(13)26-17-12(9-11(10-20)16(21)24)18(25)23-8-4-3-7-15(23)22-17;1-2-4-6-5-3-1/h2*1-9H,(H2,21,24);1-6H/b2*11-9+;. The largest absolute Gasteiger partial charge is 0.437 e. The smallest absolute Gasteiger partial charge is 0.269 e. The zero-order valence-corrected chi connectivity index (χ0v) is 31.4. The summed E-state index contributed by atoms with van der Waals surface area (Å²) in [5.74, 6) is -1.57. The number of rotatable bonds is 8. The van der Waals surface area contributed by atoms with Crippen LogP contribution in [0, 0.1) is 22.7 Å². The Morgan fingerprint density at radius 2 is 0.914 bits per heavy atom. The Kier molecular flexibility index (Phi) is 13.8. The number of carbonyl (C=O) groups is 2. The van der Waals surface area contributed by atoms with E-state index in [0.717, 1.165) is 12.2 Å². The van der Waals surface area contributed by atoms with Crippen molar-refractivity contribution in [3.05, 3.63) is 187 Å². The van der Waals surface area contributed by atoms with E-state index in [-0.39, 0.29) is 34.4 Å². The third kappa shape index (κ3) is 10.2. The second kappa shape index (κ2) is 19.5. The van der Waals surface area contributed by atoms with Crippen molar-refractivity contribution in [3.8, 4) is 35.4 Å². The summed E-state index contributed by atoms with van der Waals surface area (Å²) in [5, 5.41) is 18.8. The molecule has 16 heteroatoms. The highest BCUT2D eigenvalue weighted by atomic mass is 35.5. The maximum absolute atomic E-state index is 12.8. The molecule has 0 aliphatic heterocycles. The van der Waals surface area contributed by atoms with E-state index in [1.165, 1.54) is 21.2 Å². The lowest BCUT2D eigenvalue weighted by Crippen LogP contribution is -2.20. The topological polar surface area (TPSA) is 221 Å². The fourth-order valence-corrected chi connectivity index (χ4v) is 5.17. The molecule has 0 spiro atoms. The van der Waals surface area contributed by atoms with Crippen molar-refractivity contribution < 1.29 is 19.1 Å². The number of nitrogens with two attached hydrogens (primary N) is 2. The number of aromatic nitrogens is 4. The van der Waals surface area contributed by atoms with Gasteiger partial charge in [0.25, 0.3) is 22.9 Å². The molecular formula is C42H28Cl2N8O6. The number of hydrogen-bond acceptors (Lipinski definition) is 10. The van der Waals surface area contributed by atoms with Crippen molar-refractivity contribution in [1.82, 2.24) is 18.8 Å². The maximum Gasteiger partial charge on any atom is 0.269 e. The Bertz CT molecular complexity index is 2710. The summed E-state index contributed by atoms with van der Waals surface area (Å²) in [4.78, 5) is 56.9. The number of primary amides is 2. The van der Waals surface area contributed by atoms with Gasteiger partial charge in [-0.3, -0.25) is 28.0 Å². The predicted molar refractivity (Wildman–Crippen MR) is 218 cm³/mol. The summed E-state index contributed by atoms with van der Waals surface area (Å²) in [7, 11) is 0. The van der Waals surface area contributed by atoms with Crippen molar-refractivity contribution in [1.29, 1.82) is 10.5 Å². The molecule has 0 radical (unpaired) electrons. The van der Waals surface area contributed by atoms with Crippen LogP contribution in [-0.2, 0) is 9.59 Å². The molecule has 0 aliphatic rings. The van der Waals surface area contributed by atoms with E-state index in [2.05, 4.69) is 9.97 Å². The van der Waals surface area contributed by atoms with Crippen LogP contribution in [0.25, 0.3) is 23.4 Å². The van der Waals surface area contributed by atoms with Crippen LogP contribution in [0.15, 0.2) is 154 Å². The normalized spacial score (nSPS) is 10.8. The Labute approximate surface area is 339 Å². The molecule has 14 nitrogen and oxygen atoms in total. The van der Waals surface area contributed by atoms with Crippen LogP contribution in [0.5, 0.6) is 23.3 Å². The molecule has 0 aliphatic carbocycles. The number of nitriles is 2. The molecule has 0 atom stereocenters. The van der Waals surface area contributed by atoms with Crippen LogP contribution < -0.4 is 32.1 Å². The lowest BCUT2D eigenvalue weighted by molar-refractivity contribution is -0.115. The van der Waals surface area contributed by atoms with Gasteiger partial charge in [-0.25, -0.2) is 0 Å². The van der Waals surface area contributed by atoms with Crippen LogP contribution in [0.2, 0.25) is 10.0 Å². The first-order chi connectivity index (χ1) is 28.0. The summed E-state index contributed by atoms with van der Waals surface area (Å²) in [6.45, 7) is 0. The minimum absolute atomic E-state index is 0.0935. The Balaban J connectivity index is 0.000000193. The molecule has 4 N–H and O–H groups in total. The van der Waals surface area contributed by atoms with Gasteiger partial charge in [0, 0.05) is 12.4 Å². The number of hydrogen-bond donors (Lipinski definition) is 2. The van der Waals surface area contributed by atoms with Gasteiger partial charge in [0.05, 0.1) is 10.0 Å². The second-order valence-corrected chi connectivity index (χ2v) is 12.2. The molecule has 4 aromatic heterocycles. The molecule has 286 valence electrons. The average molecular weight is 812 g/mol. The summed E-state index contributed by atoms with van der Waals surface area (Å²) in [6, 6.07) is 38.6. The maximum atomic E-state index is 12.8. The molecule has 0 fully saturated rings. The predicted octanol–water partition coefficient (Wildman–Crippen LogP) is 6.75. The van der Waals surface area contributed by atoms with Gasteiger partial charge < -0.3 is 20.9 Å². The highest BCUT2D eigenvalue weighted by Gasteiger charge is 2.18. The number of benzene rings is 3. The minimum Gasteiger partial charge on any atom is -0.437 e. The number of amides is 2.